The summed E-state index contributed by atoms with van der Waals surface area (Å²) in [5.41, 5.74) is 0.255. The van der Waals surface area contributed by atoms with Crippen LogP contribution in [-0.2, 0) is 18.9 Å². The zero-order valence-corrected chi connectivity index (χ0v) is 23.3. The summed E-state index contributed by atoms with van der Waals surface area (Å²) in [5.74, 6) is -1.83. The lowest BCUT2D eigenvalue weighted by atomic mass is 9.97. The van der Waals surface area contributed by atoms with Crippen LogP contribution >= 0.6 is 0 Å². The number of aromatic hydroxyl groups is 4. The van der Waals surface area contributed by atoms with Gasteiger partial charge in [0.25, 0.3) is 0 Å². The molecule has 1 unspecified atom stereocenters. The lowest BCUT2D eigenvalue weighted by Crippen LogP contribution is -3.00. The van der Waals surface area contributed by atoms with Gasteiger partial charge in [-0.05, 0) is 18.2 Å². The van der Waals surface area contributed by atoms with E-state index in [9.17, 15) is 56.2 Å². The zero-order chi connectivity index (χ0) is 31.2. The molecular formula is C27H32ClO16-. The second-order valence-electron chi connectivity index (χ2n) is 10.3. The first kappa shape index (κ1) is 33.8. The van der Waals surface area contributed by atoms with Crippen molar-refractivity contribution >= 4 is 6.08 Å². The molecule has 244 valence electrons. The molecule has 17 heteroatoms. The molecule has 11 N–H and O–H groups in total. The van der Waals surface area contributed by atoms with Crippen LogP contribution in [0.5, 0.6) is 28.7 Å². The number of phenols is 4. The van der Waals surface area contributed by atoms with Crippen LogP contribution < -0.4 is 17.1 Å². The van der Waals surface area contributed by atoms with Crippen molar-refractivity contribution in [1.29, 1.82) is 0 Å². The molecule has 0 aliphatic carbocycles. The van der Waals surface area contributed by atoms with Gasteiger partial charge in [-0.1, -0.05) is 6.07 Å². The number of ether oxygens (including phenoxy) is 5. The van der Waals surface area contributed by atoms with Gasteiger partial charge in [-0.25, -0.2) is 0 Å². The second kappa shape index (κ2) is 13.5. The number of phenolic OH excluding ortho intramolecular Hbond substituents is 4. The maximum absolute atomic E-state index is 11.0. The van der Waals surface area contributed by atoms with Crippen molar-refractivity contribution in [3.05, 3.63) is 47.2 Å². The molecule has 2 saturated heterocycles. The Bertz CT molecular complexity index is 1340. The minimum Gasteiger partial charge on any atom is -1.00 e. The fraction of sp³-hybridized carbons (Fsp3) is 0.481. The van der Waals surface area contributed by atoms with Gasteiger partial charge in [-0.15, -0.1) is 0 Å². The van der Waals surface area contributed by atoms with Crippen LogP contribution in [0.3, 0.4) is 0 Å². The van der Waals surface area contributed by atoms with Crippen molar-refractivity contribution in [2.45, 2.75) is 67.5 Å². The topological polar surface area (TPSA) is 269 Å². The Kier molecular flexibility index (Phi) is 10.3. The first-order valence-corrected chi connectivity index (χ1v) is 13.1. The molecule has 2 fully saturated rings. The Labute approximate surface area is 255 Å². The van der Waals surface area contributed by atoms with E-state index in [2.05, 4.69) is 0 Å². The molecule has 16 nitrogen and oxygen atoms in total. The summed E-state index contributed by atoms with van der Waals surface area (Å²) >= 11 is 0. The largest absolute Gasteiger partial charge is 1.00 e. The van der Waals surface area contributed by atoms with Crippen LogP contribution in [0.2, 0.25) is 0 Å². The monoisotopic (exact) mass is 647 g/mol. The summed E-state index contributed by atoms with van der Waals surface area (Å²) in [4.78, 5) is 0. The number of fused-ring (bicyclic) bond motifs is 1. The highest BCUT2D eigenvalue weighted by Gasteiger charge is 2.52. The summed E-state index contributed by atoms with van der Waals surface area (Å²) in [6, 6.07) is 5.95. The highest BCUT2D eigenvalue weighted by Crippen LogP contribution is 2.45. The summed E-state index contributed by atoms with van der Waals surface area (Å²) in [6.07, 6.45) is -17.0. The molecule has 3 aliphatic rings. The maximum Gasteiger partial charge on any atom is 0.229 e. The zero-order valence-electron chi connectivity index (χ0n) is 22.6. The van der Waals surface area contributed by atoms with Crippen molar-refractivity contribution < 1.29 is 92.3 Å². The van der Waals surface area contributed by atoms with E-state index in [0.717, 1.165) is 12.1 Å². The van der Waals surface area contributed by atoms with Gasteiger partial charge in [0.15, 0.2) is 30.0 Å². The fourth-order valence-corrected chi connectivity index (χ4v) is 5.04. The van der Waals surface area contributed by atoms with E-state index in [1.807, 2.05) is 0 Å². The number of aliphatic hydroxyl groups is 7. The van der Waals surface area contributed by atoms with Crippen LogP contribution in [0.25, 0.3) is 6.08 Å². The SMILES string of the molecule is OC[C@H]1O[C@@H](O[C@H]2[C@H](OC3=Cc4c(O)cc(O)cc4OC3c3ccc(O)c(O)c3)O[C@H](CO)[C@@H](O)[C@@H]2O)[C@H](O)[C@@H](O)[C@H]1O.[Cl-]. The quantitative estimate of drug-likeness (QED) is 0.125. The highest BCUT2D eigenvalue weighted by molar-refractivity contribution is 5.69. The van der Waals surface area contributed by atoms with Gasteiger partial charge in [0.1, 0.15) is 65.7 Å². The normalized spacial score (nSPS) is 35.1. The molecule has 44 heavy (non-hydrogen) atoms. The third-order valence-corrected chi connectivity index (χ3v) is 7.41. The predicted octanol–water partition coefficient (Wildman–Crippen LogP) is -5.37. The lowest BCUT2D eigenvalue weighted by Gasteiger charge is -2.46. The summed E-state index contributed by atoms with van der Waals surface area (Å²) in [6.45, 7) is -1.55. The Morgan fingerprint density at radius 3 is 1.95 bits per heavy atom. The van der Waals surface area contributed by atoms with Crippen molar-refractivity contribution in [3.63, 3.8) is 0 Å². The average molecular weight is 648 g/mol. The number of hydrogen-bond acceptors (Lipinski definition) is 16. The van der Waals surface area contributed by atoms with Gasteiger partial charge in [0.05, 0.1) is 18.8 Å². The third-order valence-electron chi connectivity index (χ3n) is 7.41. The average Bonchev–Trinajstić information content (AvgIpc) is 2.98. The maximum atomic E-state index is 11.0. The van der Waals surface area contributed by atoms with Crippen molar-refractivity contribution in [1.82, 2.24) is 0 Å². The number of rotatable bonds is 7. The Morgan fingerprint density at radius 1 is 0.682 bits per heavy atom. The van der Waals surface area contributed by atoms with Gasteiger partial charge in [0.2, 0.25) is 6.29 Å². The second-order valence-corrected chi connectivity index (χ2v) is 10.3. The van der Waals surface area contributed by atoms with E-state index in [-0.39, 0.29) is 40.8 Å². The number of aliphatic hydroxyl groups excluding tert-OH is 7. The predicted molar refractivity (Wildman–Crippen MR) is 138 cm³/mol. The van der Waals surface area contributed by atoms with Gasteiger partial charge in [-0.3, -0.25) is 0 Å². The smallest absolute Gasteiger partial charge is 0.229 e. The van der Waals surface area contributed by atoms with Crippen LogP contribution in [0.1, 0.15) is 17.2 Å². The first-order chi connectivity index (χ1) is 20.4. The Balaban J connectivity index is 0.00000442. The van der Waals surface area contributed by atoms with Crippen molar-refractivity contribution in [3.8, 4) is 28.7 Å². The fourth-order valence-electron chi connectivity index (χ4n) is 5.04. The third kappa shape index (κ3) is 6.33. The van der Waals surface area contributed by atoms with Crippen LogP contribution in [0.15, 0.2) is 36.1 Å². The highest BCUT2D eigenvalue weighted by atomic mass is 35.5. The molecule has 0 bridgehead atoms. The molecule has 3 aliphatic heterocycles. The van der Waals surface area contributed by atoms with Gasteiger partial charge >= 0.3 is 0 Å². The standard InChI is InChI=1S/C27H32O16.ClH/c28-7-17-19(34)21(36)23(38)26(41-17)43-25-22(37)20(35)18(8-29)42-27(25)40-16-6-11-13(32)4-10(30)5-15(11)39-24(16)9-1-2-12(31)14(33)3-9;/h1-6,17-38H,7-8H2;1H/p-1/t17-,18-,19+,20-,21+,22+,23-,24?,25-,26+,27-;/m1./s1. The molecule has 0 amide bonds. The molecule has 11 atom stereocenters. The molecule has 0 radical (unpaired) electrons. The van der Waals surface area contributed by atoms with Crippen LogP contribution in [0, 0.1) is 0 Å². The van der Waals surface area contributed by atoms with Crippen molar-refractivity contribution in [2.24, 2.45) is 0 Å². The van der Waals surface area contributed by atoms with Crippen molar-refractivity contribution in [2.75, 3.05) is 13.2 Å². The Morgan fingerprint density at radius 2 is 1.32 bits per heavy atom. The van der Waals surface area contributed by atoms with E-state index in [4.69, 9.17) is 23.7 Å². The minimum absolute atomic E-state index is 0. The summed E-state index contributed by atoms with van der Waals surface area (Å²) < 4.78 is 28.7. The molecule has 0 saturated carbocycles. The molecule has 2 aromatic rings. The van der Waals surface area contributed by atoms with Crippen LogP contribution in [-0.4, -0.2) is 131 Å². The van der Waals surface area contributed by atoms with Gasteiger partial charge < -0.3 is 92.3 Å². The number of halogens is 1. The molecular weight excluding hydrogens is 616 g/mol. The summed E-state index contributed by atoms with van der Waals surface area (Å²) in [7, 11) is 0. The van der Waals surface area contributed by atoms with E-state index in [1.54, 1.807) is 0 Å². The first-order valence-electron chi connectivity index (χ1n) is 13.1. The molecule has 2 aromatic carbocycles. The molecule has 5 rings (SSSR count). The van der Waals surface area contributed by atoms with E-state index in [0.29, 0.717) is 0 Å². The summed E-state index contributed by atoms with van der Waals surface area (Å²) in [5, 5.41) is 112. The van der Waals surface area contributed by atoms with Gasteiger partial charge in [0, 0.05) is 17.7 Å². The lowest BCUT2D eigenvalue weighted by molar-refractivity contribution is -0.364. The Hall–Kier alpha value is -3.13. The molecule has 3 heterocycles. The molecule has 0 aromatic heterocycles. The minimum atomic E-state index is -1.89. The number of benzene rings is 2. The van der Waals surface area contributed by atoms with E-state index >= 15 is 0 Å². The van der Waals surface area contributed by atoms with E-state index < -0.39 is 98.0 Å². The van der Waals surface area contributed by atoms with Gasteiger partial charge in [-0.2, -0.15) is 0 Å². The molecule has 0 spiro atoms. The van der Waals surface area contributed by atoms with Crippen LogP contribution in [0.4, 0.5) is 0 Å². The van der Waals surface area contributed by atoms with E-state index in [1.165, 1.54) is 24.3 Å². The number of hydrogen-bond donors (Lipinski definition) is 11.